The number of hydrogen-bond acceptors (Lipinski definition) is 3. The van der Waals surface area contributed by atoms with Crippen LogP contribution in [0.15, 0.2) is 18.2 Å². The smallest absolute Gasteiger partial charge is 0.272 e. The molecule has 0 saturated heterocycles. The van der Waals surface area contributed by atoms with Crippen molar-refractivity contribution in [2.45, 2.75) is 25.8 Å². The van der Waals surface area contributed by atoms with E-state index in [-0.39, 0.29) is 16.7 Å². The number of nitrogens with two attached hydrogens (primary N) is 1. The fourth-order valence-corrected chi connectivity index (χ4v) is 2.33. The van der Waals surface area contributed by atoms with Crippen molar-refractivity contribution < 1.29 is 4.92 Å². The Bertz CT molecular complexity index is 404. The van der Waals surface area contributed by atoms with Crippen LogP contribution in [0.3, 0.4) is 0 Å². The number of nitrogens with zero attached hydrogens (tertiary/aromatic N) is 1. The molecule has 2 unspecified atom stereocenters. The maximum absolute atomic E-state index is 10.9. The zero-order valence-electron chi connectivity index (χ0n) is 8.64. The molecule has 0 fully saturated rings. The Balaban J connectivity index is 2.54. The van der Waals surface area contributed by atoms with Crippen LogP contribution in [0.2, 0.25) is 0 Å². The van der Waals surface area contributed by atoms with Crippen LogP contribution in [-0.2, 0) is 6.42 Å². The quantitative estimate of drug-likeness (QED) is 0.565. The molecule has 4 nitrogen and oxygen atoms in total. The fraction of sp³-hybridized carbons (Fsp3) is 0.455. The monoisotopic (exact) mass is 206 g/mol. The molecule has 2 rings (SSSR count). The molecule has 0 saturated carbocycles. The van der Waals surface area contributed by atoms with Crippen molar-refractivity contribution in [3.63, 3.8) is 0 Å². The van der Waals surface area contributed by atoms with E-state index in [1.54, 1.807) is 12.1 Å². The summed E-state index contributed by atoms with van der Waals surface area (Å²) in [7, 11) is 0. The van der Waals surface area contributed by atoms with Crippen LogP contribution < -0.4 is 5.73 Å². The van der Waals surface area contributed by atoms with E-state index in [0.717, 1.165) is 24.0 Å². The summed E-state index contributed by atoms with van der Waals surface area (Å²) in [4.78, 5) is 10.5. The number of hydrogen-bond donors (Lipinski definition) is 1. The summed E-state index contributed by atoms with van der Waals surface area (Å²) in [5.74, 6) is 0.425. The first-order valence-electron chi connectivity index (χ1n) is 5.11. The Hall–Kier alpha value is -1.42. The predicted octanol–water partition coefficient (Wildman–Crippen LogP) is 2.18. The third-order valence-electron chi connectivity index (χ3n) is 2.99. The van der Waals surface area contributed by atoms with E-state index in [0.29, 0.717) is 5.92 Å². The Morgan fingerprint density at radius 3 is 2.93 bits per heavy atom. The first kappa shape index (κ1) is 10.1. The normalized spacial score (nSPS) is 24.7. The predicted molar refractivity (Wildman–Crippen MR) is 57.5 cm³/mol. The van der Waals surface area contributed by atoms with Gasteiger partial charge in [0.1, 0.15) is 0 Å². The van der Waals surface area contributed by atoms with E-state index in [4.69, 9.17) is 5.73 Å². The Labute approximate surface area is 88.2 Å². The molecule has 0 radical (unpaired) electrons. The molecule has 80 valence electrons. The summed E-state index contributed by atoms with van der Waals surface area (Å²) >= 11 is 0. The Morgan fingerprint density at radius 2 is 2.27 bits per heavy atom. The van der Waals surface area contributed by atoms with Gasteiger partial charge in [-0.15, -0.1) is 0 Å². The lowest BCUT2D eigenvalue weighted by atomic mass is 9.81. The van der Waals surface area contributed by atoms with Crippen LogP contribution in [-0.4, -0.2) is 4.92 Å². The summed E-state index contributed by atoms with van der Waals surface area (Å²) in [5.41, 5.74) is 7.97. The zero-order valence-corrected chi connectivity index (χ0v) is 8.64. The lowest BCUT2D eigenvalue weighted by Crippen LogP contribution is -2.23. The van der Waals surface area contributed by atoms with E-state index < -0.39 is 0 Å². The largest absolute Gasteiger partial charge is 0.324 e. The third kappa shape index (κ3) is 1.72. The van der Waals surface area contributed by atoms with Crippen molar-refractivity contribution in [3.8, 4) is 0 Å². The SMILES string of the molecule is CC1Cc2c(cccc2[N+](=O)[O-])C(N)C1. The zero-order chi connectivity index (χ0) is 11.0. The van der Waals surface area contributed by atoms with Gasteiger partial charge in [0.15, 0.2) is 0 Å². The van der Waals surface area contributed by atoms with Crippen LogP contribution >= 0.6 is 0 Å². The lowest BCUT2D eigenvalue weighted by molar-refractivity contribution is -0.385. The van der Waals surface area contributed by atoms with E-state index >= 15 is 0 Å². The van der Waals surface area contributed by atoms with Gasteiger partial charge < -0.3 is 5.73 Å². The van der Waals surface area contributed by atoms with Gasteiger partial charge in [0.2, 0.25) is 0 Å². The number of nitro benzene ring substituents is 1. The second-order valence-electron chi connectivity index (χ2n) is 4.25. The summed E-state index contributed by atoms with van der Waals surface area (Å²) in [5, 5.41) is 10.9. The molecule has 0 aromatic heterocycles. The molecule has 1 aromatic rings. The topological polar surface area (TPSA) is 69.2 Å². The van der Waals surface area contributed by atoms with Gasteiger partial charge in [-0.25, -0.2) is 0 Å². The molecule has 1 aromatic carbocycles. The van der Waals surface area contributed by atoms with Gasteiger partial charge in [0, 0.05) is 17.7 Å². The van der Waals surface area contributed by atoms with E-state index in [9.17, 15) is 10.1 Å². The summed E-state index contributed by atoms with van der Waals surface area (Å²) in [6.45, 7) is 2.08. The number of nitro groups is 1. The third-order valence-corrected chi connectivity index (χ3v) is 2.99. The highest BCUT2D eigenvalue weighted by molar-refractivity contribution is 5.48. The fourth-order valence-electron chi connectivity index (χ4n) is 2.33. The molecular formula is C11H14N2O2. The number of benzene rings is 1. The molecule has 0 heterocycles. The maximum Gasteiger partial charge on any atom is 0.272 e. The van der Waals surface area contributed by atoms with E-state index in [1.165, 1.54) is 0 Å². The van der Waals surface area contributed by atoms with Gasteiger partial charge in [0.25, 0.3) is 5.69 Å². The maximum atomic E-state index is 10.9. The molecule has 1 aliphatic rings. The highest BCUT2D eigenvalue weighted by Crippen LogP contribution is 2.36. The highest BCUT2D eigenvalue weighted by atomic mass is 16.6. The minimum Gasteiger partial charge on any atom is -0.324 e. The van der Waals surface area contributed by atoms with Gasteiger partial charge in [-0.3, -0.25) is 10.1 Å². The second-order valence-corrected chi connectivity index (χ2v) is 4.25. The van der Waals surface area contributed by atoms with Crippen molar-refractivity contribution >= 4 is 5.69 Å². The minimum atomic E-state index is -0.316. The van der Waals surface area contributed by atoms with Gasteiger partial charge >= 0.3 is 0 Å². The van der Waals surface area contributed by atoms with Crippen LogP contribution in [0.4, 0.5) is 5.69 Å². The van der Waals surface area contributed by atoms with Gasteiger partial charge in [0.05, 0.1) is 4.92 Å². The highest BCUT2D eigenvalue weighted by Gasteiger charge is 2.27. The molecule has 2 N–H and O–H groups in total. The molecule has 15 heavy (non-hydrogen) atoms. The summed E-state index contributed by atoms with van der Waals surface area (Å²) in [6, 6.07) is 5.12. The average Bonchev–Trinajstić information content (AvgIpc) is 2.16. The van der Waals surface area contributed by atoms with E-state index in [1.807, 2.05) is 6.07 Å². The van der Waals surface area contributed by atoms with Crippen LogP contribution in [0, 0.1) is 16.0 Å². The standard InChI is InChI=1S/C11H14N2O2/c1-7-5-9-8(10(12)6-7)3-2-4-11(9)13(14)15/h2-4,7,10H,5-6,12H2,1H3. The second kappa shape index (κ2) is 3.62. The summed E-state index contributed by atoms with van der Waals surface area (Å²) in [6.07, 6.45) is 1.67. The van der Waals surface area contributed by atoms with Crippen molar-refractivity contribution in [3.05, 3.63) is 39.4 Å². The molecule has 0 amide bonds. The molecule has 0 spiro atoms. The van der Waals surface area contributed by atoms with Crippen LogP contribution in [0.5, 0.6) is 0 Å². The van der Waals surface area contributed by atoms with Crippen molar-refractivity contribution in [1.82, 2.24) is 0 Å². The van der Waals surface area contributed by atoms with Crippen LogP contribution in [0.1, 0.15) is 30.5 Å². The van der Waals surface area contributed by atoms with Gasteiger partial charge in [-0.2, -0.15) is 0 Å². The van der Waals surface area contributed by atoms with Crippen molar-refractivity contribution in [1.29, 1.82) is 0 Å². The van der Waals surface area contributed by atoms with Gasteiger partial charge in [-0.1, -0.05) is 19.1 Å². The molecule has 2 atom stereocenters. The summed E-state index contributed by atoms with van der Waals surface area (Å²) < 4.78 is 0. The first-order valence-corrected chi connectivity index (χ1v) is 5.11. The number of rotatable bonds is 1. The van der Waals surface area contributed by atoms with Gasteiger partial charge in [-0.05, 0) is 24.3 Å². The Kier molecular flexibility index (Phi) is 2.44. The minimum absolute atomic E-state index is 0.0522. The molecular weight excluding hydrogens is 192 g/mol. The molecule has 0 aliphatic heterocycles. The lowest BCUT2D eigenvalue weighted by Gasteiger charge is -2.26. The molecule has 0 bridgehead atoms. The van der Waals surface area contributed by atoms with Crippen molar-refractivity contribution in [2.24, 2.45) is 11.7 Å². The molecule has 1 aliphatic carbocycles. The van der Waals surface area contributed by atoms with Crippen molar-refractivity contribution in [2.75, 3.05) is 0 Å². The Morgan fingerprint density at radius 1 is 1.53 bits per heavy atom. The number of fused-ring (bicyclic) bond motifs is 1. The van der Waals surface area contributed by atoms with Crippen LogP contribution in [0.25, 0.3) is 0 Å². The molecule has 4 heteroatoms. The average molecular weight is 206 g/mol. The first-order chi connectivity index (χ1) is 7.09. The van der Waals surface area contributed by atoms with E-state index in [2.05, 4.69) is 6.92 Å².